The molecule has 8 heteroatoms. The van der Waals surface area contributed by atoms with Crippen molar-refractivity contribution in [1.82, 2.24) is 0 Å². The second-order valence-corrected chi connectivity index (χ2v) is 5.29. The first-order chi connectivity index (χ1) is 9.70. The number of esters is 1. The summed E-state index contributed by atoms with van der Waals surface area (Å²) >= 11 is 0. The predicted molar refractivity (Wildman–Crippen MR) is 83.2 cm³/mol. The Morgan fingerprint density at radius 3 is 2.59 bits per heavy atom. The number of nitrogens with zero attached hydrogens (tertiary/aromatic N) is 1. The van der Waals surface area contributed by atoms with Crippen LogP contribution in [0, 0.1) is 0 Å². The predicted octanol–water partition coefficient (Wildman–Crippen LogP) is 2.93. The van der Waals surface area contributed by atoms with Gasteiger partial charge in [0.05, 0.1) is 12.7 Å². The fourth-order valence-electron chi connectivity index (χ4n) is 2.77. The Hall–Kier alpha value is -1.57. The van der Waals surface area contributed by atoms with E-state index in [2.05, 4.69) is 0 Å². The van der Waals surface area contributed by atoms with E-state index in [1.165, 1.54) is 19.2 Å². The molecule has 0 bridgehead atoms. The van der Waals surface area contributed by atoms with Gasteiger partial charge in [0.25, 0.3) is 0 Å². The van der Waals surface area contributed by atoms with Crippen LogP contribution in [0.2, 0.25) is 0 Å². The number of nitrogen functional groups attached to an aromatic ring is 1. The monoisotopic (exact) mass is 336 g/mol. The topological polar surface area (TPSA) is 55.6 Å². The zero-order valence-electron chi connectivity index (χ0n) is 12.3. The van der Waals surface area contributed by atoms with E-state index in [-0.39, 0.29) is 19.2 Å². The third-order valence-corrected chi connectivity index (χ3v) is 3.92. The van der Waals surface area contributed by atoms with Crippen LogP contribution in [0.3, 0.4) is 0 Å². The number of halogens is 3. The SMILES string of the molecule is COC(=O)[C@]1(C)CCCN1c1ccc(N)c(C(F)(F)F)c1.S. The van der Waals surface area contributed by atoms with Crippen molar-refractivity contribution in [3.63, 3.8) is 0 Å². The third kappa shape index (κ3) is 3.11. The molecule has 1 aromatic carbocycles. The lowest BCUT2D eigenvalue weighted by atomic mass is 9.98. The fourth-order valence-corrected chi connectivity index (χ4v) is 2.77. The Kier molecular flexibility index (Phi) is 5.27. The van der Waals surface area contributed by atoms with Crippen LogP contribution in [-0.2, 0) is 15.7 Å². The molecule has 4 nitrogen and oxygen atoms in total. The van der Waals surface area contributed by atoms with Crippen molar-refractivity contribution in [2.24, 2.45) is 0 Å². The van der Waals surface area contributed by atoms with Gasteiger partial charge in [-0.1, -0.05) is 0 Å². The maximum Gasteiger partial charge on any atom is 0.418 e. The number of rotatable bonds is 2. The zero-order valence-corrected chi connectivity index (χ0v) is 13.3. The van der Waals surface area contributed by atoms with E-state index < -0.39 is 23.2 Å². The summed E-state index contributed by atoms with van der Waals surface area (Å²) in [4.78, 5) is 13.6. The van der Waals surface area contributed by atoms with Gasteiger partial charge in [0.1, 0.15) is 5.54 Å². The number of carbonyl (C=O) groups excluding carboxylic acids is 1. The molecule has 0 aliphatic carbocycles. The minimum absolute atomic E-state index is 0. The second-order valence-electron chi connectivity index (χ2n) is 5.29. The van der Waals surface area contributed by atoms with E-state index in [4.69, 9.17) is 10.5 Å². The molecule has 0 amide bonds. The van der Waals surface area contributed by atoms with E-state index in [0.29, 0.717) is 25.1 Å². The molecule has 22 heavy (non-hydrogen) atoms. The Bertz CT molecular complexity index is 566. The highest BCUT2D eigenvalue weighted by Gasteiger charge is 2.45. The number of alkyl halides is 3. The van der Waals surface area contributed by atoms with Crippen LogP contribution in [0.1, 0.15) is 25.3 Å². The number of ether oxygens (including phenoxy) is 1. The standard InChI is InChI=1S/C14H17F3N2O2.H2S/c1-13(12(20)21-2)6-3-7-19(13)9-4-5-11(18)10(8-9)14(15,16)17;/h4-5,8H,3,6-7,18H2,1-2H3;1H2/t13-;/m0./s1. The largest absolute Gasteiger partial charge is 0.467 e. The average molecular weight is 336 g/mol. The molecule has 0 saturated carbocycles. The van der Waals surface area contributed by atoms with Gasteiger partial charge in [0, 0.05) is 17.9 Å². The van der Waals surface area contributed by atoms with Crippen LogP contribution < -0.4 is 10.6 Å². The second kappa shape index (κ2) is 6.28. The van der Waals surface area contributed by atoms with Crippen LogP contribution in [0.25, 0.3) is 0 Å². The summed E-state index contributed by atoms with van der Waals surface area (Å²) in [6, 6.07) is 3.70. The maximum absolute atomic E-state index is 12.9. The first kappa shape index (κ1) is 18.5. The molecule has 2 N–H and O–H groups in total. The van der Waals surface area contributed by atoms with Crippen LogP contribution in [-0.4, -0.2) is 25.2 Å². The van der Waals surface area contributed by atoms with E-state index in [1.807, 2.05) is 0 Å². The zero-order chi connectivity index (χ0) is 15.8. The summed E-state index contributed by atoms with van der Waals surface area (Å²) in [5.41, 5.74) is 3.55. The summed E-state index contributed by atoms with van der Waals surface area (Å²) in [6.07, 6.45) is -3.29. The molecule has 1 saturated heterocycles. The van der Waals surface area contributed by atoms with Crippen molar-refractivity contribution in [3.8, 4) is 0 Å². The summed E-state index contributed by atoms with van der Waals surface area (Å²) in [7, 11) is 1.27. The molecule has 0 aromatic heterocycles. The van der Waals surface area contributed by atoms with Gasteiger partial charge in [0.2, 0.25) is 0 Å². The fraction of sp³-hybridized carbons (Fsp3) is 0.500. The molecular formula is C14H19F3N2O2S. The first-order valence-electron chi connectivity index (χ1n) is 6.53. The minimum Gasteiger partial charge on any atom is -0.467 e. The molecular weight excluding hydrogens is 317 g/mol. The Morgan fingerprint density at radius 2 is 2.05 bits per heavy atom. The summed E-state index contributed by atoms with van der Waals surface area (Å²) < 4.78 is 43.6. The number of anilines is 2. The highest BCUT2D eigenvalue weighted by molar-refractivity contribution is 7.59. The molecule has 0 unspecified atom stereocenters. The van der Waals surface area contributed by atoms with Crippen molar-refractivity contribution in [2.75, 3.05) is 24.3 Å². The Balaban J connectivity index is 0.00000242. The first-order valence-corrected chi connectivity index (χ1v) is 6.53. The van der Waals surface area contributed by atoms with Crippen molar-refractivity contribution in [2.45, 2.75) is 31.5 Å². The minimum atomic E-state index is -4.53. The van der Waals surface area contributed by atoms with Gasteiger partial charge in [-0.3, -0.25) is 0 Å². The van der Waals surface area contributed by atoms with Crippen molar-refractivity contribution >= 4 is 30.8 Å². The summed E-state index contributed by atoms with van der Waals surface area (Å²) in [6.45, 7) is 2.17. The van der Waals surface area contributed by atoms with E-state index in [1.54, 1.807) is 11.8 Å². The lowest BCUT2D eigenvalue weighted by Gasteiger charge is -2.34. The van der Waals surface area contributed by atoms with Gasteiger partial charge >= 0.3 is 12.1 Å². The van der Waals surface area contributed by atoms with Gasteiger partial charge in [-0.2, -0.15) is 26.7 Å². The van der Waals surface area contributed by atoms with Crippen molar-refractivity contribution < 1.29 is 22.7 Å². The quantitative estimate of drug-likeness (QED) is 0.666. The molecule has 124 valence electrons. The lowest BCUT2D eigenvalue weighted by Crippen LogP contribution is -2.49. The van der Waals surface area contributed by atoms with Crippen molar-refractivity contribution in [3.05, 3.63) is 23.8 Å². The number of carbonyl (C=O) groups is 1. The molecule has 2 rings (SSSR count). The molecule has 0 radical (unpaired) electrons. The van der Waals surface area contributed by atoms with Crippen LogP contribution in [0.4, 0.5) is 24.5 Å². The Morgan fingerprint density at radius 1 is 1.41 bits per heavy atom. The van der Waals surface area contributed by atoms with Crippen LogP contribution >= 0.6 is 13.5 Å². The molecule has 1 aromatic rings. The maximum atomic E-state index is 12.9. The van der Waals surface area contributed by atoms with E-state index in [0.717, 1.165) is 6.07 Å². The smallest absolute Gasteiger partial charge is 0.418 e. The van der Waals surface area contributed by atoms with Gasteiger partial charge in [-0.15, -0.1) is 0 Å². The van der Waals surface area contributed by atoms with E-state index >= 15 is 0 Å². The van der Waals surface area contributed by atoms with Crippen molar-refractivity contribution in [1.29, 1.82) is 0 Å². The van der Waals surface area contributed by atoms with Gasteiger partial charge in [-0.25, -0.2) is 4.79 Å². The van der Waals surface area contributed by atoms with Crippen LogP contribution in [0.15, 0.2) is 18.2 Å². The van der Waals surface area contributed by atoms with Gasteiger partial charge in [0.15, 0.2) is 0 Å². The molecule has 0 spiro atoms. The number of benzene rings is 1. The summed E-state index contributed by atoms with van der Waals surface area (Å²) in [5, 5.41) is 0. The Labute approximate surface area is 133 Å². The molecule has 1 aliphatic rings. The molecule has 1 fully saturated rings. The van der Waals surface area contributed by atoms with Crippen LogP contribution in [0.5, 0.6) is 0 Å². The van der Waals surface area contributed by atoms with Gasteiger partial charge < -0.3 is 15.4 Å². The van der Waals surface area contributed by atoms with E-state index in [9.17, 15) is 18.0 Å². The number of methoxy groups -OCH3 is 1. The number of nitrogens with two attached hydrogens (primary N) is 1. The lowest BCUT2D eigenvalue weighted by molar-refractivity contribution is -0.146. The van der Waals surface area contributed by atoms with Gasteiger partial charge in [-0.05, 0) is 38.0 Å². The summed E-state index contributed by atoms with van der Waals surface area (Å²) in [5.74, 6) is -0.453. The highest BCUT2D eigenvalue weighted by Crippen LogP contribution is 2.40. The molecule has 1 heterocycles. The molecule has 1 aliphatic heterocycles. The third-order valence-electron chi connectivity index (χ3n) is 3.92. The number of hydrogen-bond donors (Lipinski definition) is 1. The number of hydrogen-bond acceptors (Lipinski definition) is 4. The molecule has 1 atom stereocenters. The normalized spacial score (nSPS) is 21.4. The highest BCUT2D eigenvalue weighted by atomic mass is 32.1. The average Bonchev–Trinajstić information content (AvgIpc) is 2.80.